The van der Waals surface area contributed by atoms with E-state index in [1.807, 2.05) is 5.38 Å². The molecule has 0 aromatic carbocycles. The highest BCUT2D eigenvalue weighted by Crippen LogP contribution is 2.23. The van der Waals surface area contributed by atoms with Crippen molar-refractivity contribution < 1.29 is 4.92 Å². The Morgan fingerprint density at radius 1 is 1.56 bits per heavy atom. The van der Waals surface area contributed by atoms with Gasteiger partial charge >= 0.3 is 5.00 Å². The summed E-state index contributed by atoms with van der Waals surface area (Å²) in [7, 11) is 0. The van der Waals surface area contributed by atoms with E-state index >= 15 is 0 Å². The number of nitrogens with zero attached hydrogens (tertiary/aromatic N) is 1. The minimum absolute atomic E-state index is 0.0888. The van der Waals surface area contributed by atoms with Crippen molar-refractivity contribution in [1.82, 2.24) is 5.32 Å². The summed E-state index contributed by atoms with van der Waals surface area (Å²) in [5.41, 5.74) is 1.08. The fourth-order valence-electron chi connectivity index (χ4n) is 1.61. The Morgan fingerprint density at radius 2 is 2.25 bits per heavy atom. The van der Waals surface area contributed by atoms with Crippen LogP contribution in [0.1, 0.15) is 39.2 Å². The second-order valence-electron chi connectivity index (χ2n) is 4.54. The van der Waals surface area contributed by atoms with Crippen LogP contribution < -0.4 is 5.32 Å². The second-order valence-corrected chi connectivity index (χ2v) is 5.43. The van der Waals surface area contributed by atoms with Crippen LogP contribution in [0.15, 0.2) is 11.4 Å². The van der Waals surface area contributed by atoms with Crippen LogP contribution in [0.5, 0.6) is 0 Å². The van der Waals surface area contributed by atoms with Gasteiger partial charge in [0.05, 0.1) is 4.92 Å². The Hall–Kier alpha value is -0.940. The monoisotopic (exact) mass is 242 g/mol. The Balaban J connectivity index is 2.51. The van der Waals surface area contributed by atoms with Gasteiger partial charge in [0.15, 0.2) is 0 Å². The van der Waals surface area contributed by atoms with Crippen molar-refractivity contribution in [2.24, 2.45) is 0 Å². The molecule has 1 aromatic rings. The molecule has 16 heavy (non-hydrogen) atoms. The third-order valence-corrected chi connectivity index (χ3v) is 3.39. The molecule has 0 radical (unpaired) electrons. The maximum absolute atomic E-state index is 10.5. The minimum Gasteiger partial charge on any atom is -0.308 e. The SMILES string of the molecule is CCCC(C)(C)NCc1csc([N+](=O)[O-])c1. The van der Waals surface area contributed by atoms with Crippen molar-refractivity contribution in [3.8, 4) is 0 Å². The molecule has 90 valence electrons. The Morgan fingerprint density at radius 3 is 2.75 bits per heavy atom. The lowest BCUT2D eigenvalue weighted by atomic mass is 9.99. The number of rotatable bonds is 6. The lowest BCUT2D eigenvalue weighted by Crippen LogP contribution is -2.38. The molecule has 0 saturated carbocycles. The van der Waals surface area contributed by atoms with E-state index in [2.05, 4.69) is 26.1 Å². The highest BCUT2D eigenvalue weighted by atomic mass is 32.1. The Labute approximate surface area is 99.8 Å². The summed E-state index contributed by atoms with van der Waals surface area (Å²) in [6.45, 7) is 7.14. The maximum atomic E-state index is 10.5. The van der Waals surface area contributed by atoms with Crippen molar-refractivity contribution in [3.63, 3.8) is 0 Å². The highest BCUT2D eigenvalue weighted by Gasteiger charge is 2.16. The first-order valence-electron chi connectivity index (χ1n) is 5.41. The van der Waals surface area contributed by atoms with Gasteiger partial charge in [-0.3, -0.25) is 10.1 Å². The van der Waals surface area contributed by atoms with Gasteiger partial charge < -0.3 is 5.32 Å². The van der Waals surface area contributed by atoms with Crippen LogP contribution >= 0.6 is 11.3 Å². The van der Waals surface area contributed by atoms with Crippen molar-refractivity contribution in [2.45, 2.75) is 45.7 Å². The van der Waals surface area contributed by atoms with Crippen molar-refractivity contribution >= 4 is 16.3 Å². The predicted molar refractivity (Wildman–Crippen MR) is 66.8 cm³/mol. The quantitative estimate of drug-likeness (QED) is 0.615. The molecule has 0 spiro atoms. The fourth-order valence-corrected chi connectivity index (χ4v) is 2.33. The Kier molecular flexibility index (Phi) is 4.44. The zero-order valence-electron chi connectivity index (χ0n) is 9.95. The van der Waals surface area contributed by atoms with Gasteiger partial charge in [0, 0.05) is 23.5 Å². The molecule has 5 heteroatoms. The first-order chi connectivity index (χ1) is 7.44. The molecule has 0 saturated heterocycles. The van der Waals surface area contributed by atoms with Crippen LogP contribution in [-0.4, -0.2) is 10.5 Å². The molecular formula is C11H18N2O2S. The van der Waals surface area contributed by atoms with Gasteiger partial charge in [0.1, 0.15) is 0 Å². The van der Waals surface area contributed by atoms with Crippen LogP contribution in [0.2, 0.25) is 0 Å². The number of thiophene rings is 1. The molecule has 0 bridgehead atoms. The van der Waals surface area contributed by atoms with Gasteiger partial charge in [0.25, 0.3) is 0 Å². The summed E-state index contributed by atoms with van der Waals surface area (Å²) in [6, 6.07) is 1.64. The van der Waals surface area contributed by atoms with Crippen molar-refractivity contribution in [2.75, 3.05) is 0 Å². The van der Waals surface area contributed by atoms with Gasteiger partial charge in [-0.05, 0) is 25.8 Å². The number of nitrogens with one attached hydrogen (secondary N) is 1. The van der Waals surface area contributed by atoms with E-state index in [0.717, 1.165) is 18.4 Å². The van der Waals surface area contributed by atoms with Crippen molar-refractivity contribution in [1.29, 1.82) is 0 Å². The molecule has 1 heterocycles. The van der Waals surface area contributed by atoms with E-state index < -0.39 is 0 Å². The molecule has 1 N–H and O–H groups in total. The molecule has 0 unspecified atom stereocenters. The van der Waals surface area contributed by atoms with Gasteiger partial charge in [0.2, 0.25) is 0 Å². The molecular weight excluding hydrogens is 224 g/mol. The van der Waals surface area contributed by atoms with E-state index in [9.17, 15) is 10.1 Å². The molecule has 0 aliphatic carbocycles. The summed E-state index contributed by atoms with van der Waals surface area (Å²) >= 11 is 1.18. The van der Waals surface area contributed by atoms with E-state index in [-0.39, 0.29) is 15.5 Å². The average Bonchev–Trinajstić information content (AvgIpc) is 2.63. The zero-order chi connectivity index (χ0) is 12.2. The fraction of sp³-hybridized carbons (Fsp3) is 0.636. The summed E-state index contributed by atoms with van der Waals surface area (Å²) in [5.74, 6) is 0. The molecule has 0 amide bonds. The van der Waals surface area contributed by atoms with Gasteiger partial charge in [-0.2, -0.15) is 0 Å². The molecule has 4 nitrogen and oxygen atoms in total. The smallest absolute Gasteiger partial charge is 0.308 e. The first-order valence-corrected chi connectivity index (χ1v) is 6.29. The molecule has 0 atom stereocenters. The molecule has 0 fully saturated rings. The molecule has 1 rings (SSSR count). The average molecular weight is 242 g/mol. The minimum atomic E-state index is -0.342. The third kappa shape index (κ3) is 3.90. The predicted octanol–water partition coefficient (Wildman–Crippen LogP) is 3.32. The molecule has 1 aromatic heterocycles. The number of nitro groups is 1. The van der Waals surface area contributed by atoms with Crippen LogP contribution in [0.25, 0.3) is 0 Å². The van der Waals surface area contributed by atoms with E-state index in [0.29, 0.717) is 6.54 Å². The van der Waals surface area contributed by atoms with Gasteiger partial charge in [-0.25, -0.2) is 0 Å². The van der Waals surface area contributed by atoms with Crippen LogP contribution in [0.3, 0.4) is 0 Å². The van der Waals surface area contributed by atoms with Crippen LogP contribution in [0, 0.1) is 10.1 Å². The number of hydrogen-bond donors (Lipinski definition) is 1. The van der Waals surface area contributed by atoms with E-state index in [4.69, 9.17) is 0 Å². The third-order valence-electron chi connectivity index (χ3n) is 2.47. The number of hydrogen-bond acceptors (Lipinski definition) is 4. The van der Waals surface area contributed by atoms with Crippen LogP contribution in [0.4, 0.5) is 5.00 Å². The van der Waals surface area contributed by atoms with Gasteiger partial charge in [-0.1, -0.05) is 24.7 Å². The largest absolute Gasteiger partial charge is 0.324 e. The maximum Gasteiger partial charge on any atom is 0.324 e. The first kappa shape index (κ1) is 13.1. The van der Waals surface area contributed by atoms with Gasteiger partial charge in [-0.15, -0.1) is 0 Å². The summed E-state index contributed by atoms with van der Waals surface area (Å²) in [4.78, 5) is 10.2. The molecule has 0 aliphatic rings. The highest BCUT2D eigenvalue weighted by molar-refractivity contribution is 7.13. The van der Waals surface area contributed by atoms with E-state index in [1.165, 1.54) is 11.3 Å². The lowest BCUT2D eigenvalue weighted by molar-refractivity contribution is -0.380. The van der Waals surface area contributed by atoms with E-state index in [1.54, 1.807) is 6.07 Å². The molecule has 0 aliphatic heterocycles. The topological polar surface area (TPSA) is 55.2 Å². The zero-order valence-corrected chi connectivity index (χ0v) is 10.8. The summed E-state index contributed by atoms with van der Waals surface area (Å²) in [6.07, 6.45) is 2.23. The summed E-state index contributed by atoms with van der Waals surface area (Å²) in [5, 5.41) is 16.0. The van der Waals surface area contributed by atoms with Crippen molar-refractivity contribution in [3.05, 3.63) is 27.1 Å². The lowest BCUT2D eigenvalue weighted by Gasteiger charge is -2.25. The Bertz CT molecular complexity index is 361. The standard InChI is InChI=1S/C11H18N2O2S/c1-4-5-11(2,3)12-7-9-6-10(13(14)15)16-8-9/h6,8,12H,4-5,7H2,1-3H3. The summed E-state index contributed by atoms with van der Waals surface area (Å²) < 4.78 is 0. The second kappa shape index (κ2) is 5.41. The normalized spacial score (nSPS) is 11.7. The van der Waals surface area contributed by atoms with Crippen LogP contribution in [-0.2, 0) is 6.54 Å².